The molecule has 0 aromatic heterocycles. The maximum atomic E-state index is 12.6. The quantitative estimate of drug-likeness (QED) is 0.543. The van der Waals surface area contributed by atoms with Crippen LogP contribution in [-0.2, 0) is 17.9 Å². The number of carbonyl (C=O) groups is 1. The molecule has 0 unspecified atom stereocenters. The lowest BCUT2D eigenvalue weighted by molar-refractivity contribution is -0.137. The van der Waals surface area contributed by atoms with Crippen molar-refractivity contribution >= 4 is 5.91 Å². The molecule has 0 saturated carbocycles. The smallest absolute Gasteiger partial charge is 0.260 e. The number of hydrogen-bond donors (Lipinski definition) is 1. The van der Waals surface area contributed by atoms with Gasteiger partial charge in [-0.1, -0.05) is 18.2 Å². The number of hydrogen-bond acceptors (Lipinski definition) is 5. The minimum absolute atomic E-state index is 0.00843. The summed E-state index contributed by atoms with van der Waals surface area (Å²) in [5.41, 5.74) is 2.27. The van der Waals surface area contributed by atoms with Gasteiger partial charge >= 0.3 is 0 Å². The van der Waals surface area contributed by atoms with Crippen LogP contribution in [0.4, 0.5) is 0 Å². The monoisotopic (exact) mass is 428 g/mol. The number of benzene rings is 2. The van der Waals surface area contributed by atoms with E-state index in [2.05, 4.69) is 5.32 Å². The van der Waals surface area contributed by atoms with E-state index in [0.29, 0.717) is 24.7 Å². The van der Waals surface area contributed by atoms with Crippen molar-refractivity contribution in [3.63, 3.8) is 0 Å². The van der Waals surface area contributed by atoms with Crippen LogP contribution in [0.2, 0.25) is 0 Å². The van der Waals surface area contributed by atoms with Crippen molar-refractivity contribution in [2.45, 2.75) is 59.8 Å². The Morgan fingerprint density at radius 2 is 1.52 bits per heavy atom. The van der Waals surface area contributed by atoms with Crippen LogP contribution in [0.25, 0.3) is 0 Å². The third-order valence-electron chi connectivity index (χ3n) is 4.88. The molecule has 0 aliphatic rings. The second-order valence-corrected chi connectivity index (χ2v) is 7.94. The summed E-state index contributed by atoms with van der Waals surface area (Å²) < 4.78 is 16.8. The minimum atomic E-state index is -0.0299. The third-order valence-corrected chi connectivity index (χ3v) is 4.88. The summed E-state index contributed by atoms with van der Waals surface area (Å²) in [6, 6.07) is 14.1. The molecular weight excluding hydrogens is 392 g/mol. The third kappa shape index (κ3) is 7.47. The molecule has 0 saturated heterocycles. The normalized spacial score (nSPS) is 11.0. The Morgan fingerprint density at radius 3 is 2.10 bits per heavy atom. The van der Waals surface area contributed by atoms with Gasteiger partial charge in [0.2, 0.25) is 0 Å². The number of rotatable bonds is 12. The number of nitrogens with one attached hydrogen (secondary N) is 1. The molecule has 0 atom stereocenters. The Balaban J connectivity index is 1.97. The second-order valence-electron chi connectivity index (χ2n) is 7.94. The van der Waals surface area contributed by atoms with E-state index in [1.54, 1.807) is 7.11 Å². The summed E-state index contributed by atoms with van der Waals surface area (Å²) in [6.07, 6.45) is 0. The predicted octanol–water partition coefficient (Wildman–Crippen LogP) is 4.41. The zero-order valence-corrected chi connectivity index (χ0v) is 19.6. The SMILES string of the molecule is CCOc1cc(CNCc2ccc(OC)cc2)ccc1OCC(=O)N(C(C)C)C(C)C. The van der Waals surface area contributed by atoms with Gasteiger partial charge in [-0.15, -0.1) is 0 Å². The van der Waals surface area contributed by atoms with Crippen molar-refractivity contribution in [3.05, 3.63) is 53.6 Å². The van der Waals surface area contributed by atoms with Crippen molar-refractivity contribution in [2.75, 3.05) is 20.3 Å². The van der Waals surface area contributed by atoms with E-state index >= 15 is 0 Å². The molecular formula is C25H36N2O4. The topological polar surface area (TPSA) is 60.0 Å². The van der Waals surface area contributed by atoms with Gasteiger partial charge in [0.05, 0.1) is 13.7 Å². The molecule has 0 spiro atoms. The van der Waals surface area contributed by atoms with E-state index in [9.17, 15) is 4.79 Å². The minimum Gasteiger partial charge on any atom is -0.497 e. The molecule has 0 aliphatic carbocycles. The van der Waals surface area contributed by atoms with E-state index in [-0.39, 0.29) is 24.6 Å². The van der Waals surface area contributed by atoms with Crippen molar-refractivity contribution < 1.29 is 19.0 Å². The standard InChI is InChI=1S/C25H36N2O4/c1-7-30-24-14-21(16-26-15-20-8-11-22(29-6)12-9-20)10-13-23(24)31-17-25(28)27(18(2)3)19(4)5/h8-14,18-19,26H,7,15-17H2,1-6H3. The summed E-state index contributed by atoms with van der Waals surface area (Å²) >= 11 is 0. The number of ether oxygens (including phenoxy) is 3. The molecule has 0 heterocycles. The van der Waals surface area contributed by atoms with Gasteiger partial charge in [0.1, 0.15) is 5.75 Å². The Morgan fingerprint density at radius 1 is 0.903 bits per heavy atom. The molecule has 2 rings (SSSR count). The number of carbonyl (C=O) groups excluding carboxylic acids is 1. The summed E-state index contributed by atoms with van der Waals surface area (Å²) in [5, 5.41) is 3.44. The van der Waals surface area contributed by atoms with Crippen LogP contribution in [0.5, 0.6) is 17.2 Å². The largest absolute Gasteiger partial charge is 0.497 e. The average Bonchev–Trinajstić information content (AvgIpc) is 2.73. The summed E-state index contributed by atoms with van der Waals surface area (Å²) in [6.45, 7) is 11.9. The van der Waals surface area contributed by atoms with Gasteiger partial charge in [-0.05, 0) is 70.0 Å². The molecule has 0 radical (unpaired) electrons. The predicted molar refractivity (Wildman–Crippen MR) is 124 cm³/mol. The van der Waals surface area contributed by atoms with Crippen LogP contribution in [0.3, 0.4) is 0 Å². The Labute approximate surface area is 186 Å². The highest BCUT2D eigenvalue weighted by molar-refractivity contribution is 5.78. The van der Waals surface area contributed by atoms with Crippen molar-refractivity contribution in [3.8, 4) is 17.2 Å². The van der Waals surface area contributed by atoms with Crippen LogP contribution in [0.1, 0.15) is 45.7 Å². The summed E-state index contributed by atoms with van der Waals surface area (Å²) in [4.78, 5) is 14.4. The van der Waals surface area contributed by atoms with Crippen molar-refractivity contribution in [1.29, 1.82) is 0 Å². The molecule has 1 amide bonds. The first-order chi connectivity index (χ1) is 14.8. The number of nitrogens with zero attached hydrogens (tertiary/aromatic N) is 1. The molecule has 0 aliphatic heterocycles. The van der Waals surface area contributed by atoms with E-state index in [1.165, 1.54) is 5.56 Å². The Hall–Kier alpha value is -2.73. The van der Waals surface area contributed by atoms with E-state index < -0.39 is 0 Å². The van der Waals surface area contributed by atoms with Crippen LogP contribution in [0.15, 0.2) is 42.5 Å². The molecule has 31 heavy (non-hydrogen) atoms. The maximum absolute atomic E-state index is 12.6. The first-order valence-corrected chi connectivity index (χ1v) is 10.9. The fourth-order valence-corrected chi connectivity index (χ4v) is 3.53. The van der Waals surface area contributed by atoms with E-state index in [4.69, 9.17) is 14.2 Å². The average molecular weight is 429 g/mol. The zero-order valence-electron chi connectivity index (χ0n) is 19.6. The lowest BCUT2D eigenvalue weighted by Crippen LogP contribution is -2.44. The first-order valence-electron chi connectivity index (χ1n) is 10.9. The van der Waals surface area contributed by atoms with Gasteiger partial charge in [0.25, 0.3) is 5.91 Å². The fraction of sp³-hybridized carbons (Fsp3) is 0.480. The highest BCUT2D eigenvalue weighted by Gasteiger charge is 2.21. The molecule has 2 aromatic rings. The van der Waals surface area contributed by atoms with Crippen LogP contribution < -0.4 is 19.5 Å². The van der Waals surface area contributed by atoms with Gasteiger partial charge in [-0.3, -0.25) is 4.79 Å². The zero-order chi connectivity index (χ0) is 22.8. The molecule has 6 nitrogen and oxygen atoms in total. The molecule has 170 valence electrons. The van der Waals surface area contributed by atoms with Crippen molar-refractivity contribution in [2.24, 2.45) is 0 Å². The van der Waals surface area contributed by atoms with Crippen LogP contribution in [0, 0.1) is 0 Å². The van der Waals surface area contributed by atoms with E-state index in [0.717, 1.165) is 17.9 Å². The van der Waals surface area contributed by atoms with Gasteiger partial charge in [0.15, 0.2) is 18.1 Å². The van der Waals surface area contributed by atoms with Gasteiger partial charge in [0, 0.05) is 25.2 Å². The molecule has 0 bridgehead atoms. The molecule has 2 aromatic carbocycles. The number of methoxy groups -OCH3 is 1. The van der Waals surface area contributed by atoms with Gasteiger partial charge in [-0.25, -0.2) is 0 Å². The highest BCUT2D eigenvalue weighted by atomic mass is 16.5. The van der Waals surface area contributed by atoms with Crippen molar-refractivity contribution in [1.82, 2.24) is 10.2 Å². The molecule has 6 heteroatoms. The highest BCUT2D eigenvalue weighted by Crippen LogP contribution is 2.29. The molecule has 1 N–H and O–H groups in total. The fourth-order valence-electron chi connectivity index (χ4n) is 3.53. The van der Waals surface area contributed by atoms with Gasteiger partial charge in [-0.2, -0.15) is 0 Å². The molecule has 0 fully saturated rings. The Kier molecular flexibility index (Phi) is 9.66. The van der Waals surface area contributed by atoms with Gasteiger partial charge < -0.3 is 24.4 Å². The second kappa shape index (κ2) is 12.2. The lowest BCUT2D eigenvalue weighted by Gasteiger charge is -2.30. The lowest BCUT2D eigenvalue weighted by atomic mass is 10.1. The Bertz CT molecular complexity index is 811. The summed E-state index contributed by atoms with van der Waals surface area (Å²) in [7, 11) is 1.66. The maximum Gasteiger partial charge on any atom is 0.260 e. The first kappa shape index (κ1) is 24.5. The summed E-state index contributed by atoms with van der Waals surface area (Å²) in [5.74, 6) is 2.06. The van der Waals surface area contributed by atoms with E-state index in [1.807, 2.05) is 82.0 Å². The van der Waals surface area contributed by atoms with Crippen LogP contribution >= 0.6 is 0 Å². The number of amides is 1. The van der Waals surface area contributed by atoms with Crippen LogP contribution in [-0.4, -0.2) is 43.2 Å².